The van der Waals surface area contributed by atoms with E-state index in [2.05, 4.69) is 15.9 Å². The Morgan fingerprint density at radius 2 is 2.04 bits per heavy atom. The van der Waals surface area contributed by atoms with Gasteiger partial charge in [-0.25, -0.2) is 9.69 Å². The quantitative estimate of drug-likeness (QED) is 0.765. The summed E-state index contributed by atoms with van der Waals surface area (Å²) in [4.78, 5) is 26.0. The number of halogens is 1. The number of methoxy groups -OCH3 is 1. The first kappa shape index (κ1) is 17.5. The molecule has 1 heterocycles. The molecule has 2 aromatic rings. The Morgan fingerprint density at radius 3 is 2.76 bits per heavy atom. The number of ether oxygens (including phenoxy) is 2. The van der Waals surface area contributed by atoms with E-state index < -0.39 is 6.09 Å². The predicted molar refractivity (Wildman–Crippen MR) is 96.5 cm³/mol. The summed E-state index contributed by atoms with van der Waals surface area (Å²) in [6, 6.07) is 14.9. The van der Waals surface area contributed by atoms with Crippen LogP contribution in [0.4, 0.5) is 4.79 Å². The zero-order chi connectivity index (χ0) is 17.8. The number of nitrogens with zero attached hydrogens (tertiary/aromatic N) is 1. The first-order valence-corrected chi connectivity index (χ1v) is 8.73. The van der Waals surface area contributed by atoms with Crippen LogP contribution in [0, 0.1) is 0 Å². The maximum atomic E-state index is 12.7. The molecule has 0 spiro atoms. The van der Waals surface area contributed by atoms with E-state index >= 15 is 0 Å². The van der Waals surface area contributed by atoms with Crippen LogP contribution in [0.15, 0.2) is 53.0 Å². The van der Waals surface area contributed by atoms with E-state index in [0.717, 1.165) is 15.6 Å². The maximum absolute atomic E-state index is 12.7. The van der Waals surface area contributed by atoms with Gasteiger partial charge in [0.1, 0.15) is 12.4 Å². The van der Waals surface area contributed by atoms with Crippen molar-refractivity contribution in [3.05, 3.63) is 64.1 Å². The van der Waals surface area contributed by atoms with Crippen molar-refractivity contribution in [3.63, 3.8) is 0 Å². The van der Waals surface area contributed by atoms with Crippen LogP contribution in [0.25, 0.3) is 0 Å². The van der Waals surface area contributed by atoms with Gasteiger partial charge >= 0.3 is 6.09 Å². The number of hydrogen-bond acceptors (Lipinski definition) is 4. The monoisotopic (exact) mass is 403 g/mol. The first-order chi connectivity index (χ1) is 12.1. The van der Waals surface area contributed by atoms with Gasteiger partial charge in [-0.2, -0.15) is 0 Å². The van der Waals surface area contributed by atoms with Crippen molar-refractivity contribution in [1.82, 2.24) is 4.90 Å². The molecule has 1 saturated heterocycles. The highest BCUT2D eigenvalue weighted by molar-refractivity contribution is 9.10. The largest absolute Gasteiger partial charge is 0.496 e. The van der Waals surface area contributed by atoms with Gasteiger partial charge in [0.25, 0.3) is 0 Å². The summed E-state index contributed by atoms with van der Waals surface area (Å²) in [7, 11) is 1.55. The second-order valence-corrected chi connectivity index (χ2v) is 6.73. The molecule has 2 amide bonds. The third-order valence-corrected chi connectivity index (χ3v) is 4.63. The molecular formula is C19H18BrNO4. The highest BCUT2D eigenvalue weighted by Crippen LogP contribution is 2.26. The molecule has 130 valence electrons. The fourth-order valence-electron chi connectivity index (χ4n) is 2.92. The normalized spacial score (nSPS) is 16.6. The van der Waals surface area contributed by atoms with Crippen molar-refractivity contribution >= 4 is 27.9 Å². The van der Waals surface area contributed by atoms with Crippen LogP contribution in [-0.4, -0.2) is 36.7 Å². The third-order valence-electron chi connectivity index (χ3n) is 4.13. The summed E-state index contributed by atoms with van der Waals surface area (Å²) < 4.78 is 11.3. The van der Waals surface area contributed by atoms with E-state index in [1.54, 1.807) is 13.2 Å². The number of carbonyl (C=O) groups is 2. The SMILES string of the molecule is COc1cc(Br)ccc1CC(=O)N1C(=O)OCC1Cc1ccccc1. The highest BCUT2D eigenvalue weighted by atomic mass is 79.9. The van der Waals surface area contributed by atoms with E-state index in [4.69, 9.17) is 9.47 Å². The minimum absolute atomic E-state index is 0.0802. The van der Waals surface area contributed by atoms with Crippen LogP contribution in [0.3, 0.4) is 0 Å². The van der Waals surface area contributed by atoms with E-state index in [9.17, 15) is 9.59 Å². The Balaban J connectivity index is 1.76. The van der Waals surface area contributed by atoms with Gasteiger partial charge in [0.2, 0.25) is 5.91 Å². The van der Waals surface area contributed by atoms with Crippen molar-refractivity contribution in [1.29, 1.82) is 0 Å². The summed E-state index contributed by atoms with van der Waals surface area (Å²) in [5.41, 5.74) is 1.79. The molecule has 1 atom stereocenters. The highest BCUT2D eigenvalue weighted by Gasteiger charge is 2.37. The lowest BCUT2D eigenvalue weighted by molar-refractivity contribution is -0.128. The fraction of sp³-hybridized carbons (Fsp3) is 0.263. The van der Waals surface area contributed by atoms with E-state index in [1.165, 1.54) is 4.90 Å². The molecule has 5 nitrogen and oxygen atoms in total. The van der Waals surface area contributed by atoms with Gasteiger partial charge in [-0.1, -0.05) is 52.3 Å². The third kappa shape index (κ3) is 4.02. The molecule has 0 saturated carbocycles. The number of benzene rings is 2. The lowest BCUT2D eigenvalue weighted by Gasteiger charge is -2.20. The molecule has 1 fully saturated rings. The Bertz CT molecular complexity index is 778. The number of hydrogen-bond donors (Lipinski definition) is 0. The van der Waals surface area contributed by atoms with Gasteiger partial charge in [0, 0.05) is 10.0 Å². The first-order valence-electron chi connectivity index (χ1n) is 7.93. The van der Waals surface area contributed by atoms with Crippen molar-refractivity contribution < 1.29 is 19.1 Å². The number of amides is 2. The Morgan fingerprint density at radius 1 is 1.28 bits per heavy atom. The van der Waals surface area contributed by atoms with Crippen LogP contribution in [0.2, 0.25) is 0 Å². The molecule has 1 aliphatic heterocycles. The van der Waals surface area contributed by atoms with Gasteiger partial charge < -0.3 is 9.47 Å². The molecule has 25 heavy (non-hydrogen) atoms. The average molecular weight is 404 g/mol. The van der Waals surface area contributed by atoms with E-state index in [0.29, 0.717) is 12.2 Å². The number of cyclic esters (lactones) is 1. The van der Waals surface area contributed by atoms with Crippen molar-refractivity contribution in [2.24, 2.45) is 0 Å². The lowest BCUT2D eigenvalue weighted by atomic mass is 10.0. The minimum atomic E-state index is -0.581. The second-order valence-electron chi connectivity index (χ2n) is 5.82. The van der Waals surface area contributed by atoms with Crippen molar-refractivity contribution in [3.8, 4) is 5.75 Å². The van der Waals surface area contributed by atoms with Crippen molar-refractivity contribution in [2.75, 3.05) is 13.7 Å². The van der Waals surface area contributed by atoms with Crippen LogP contribution in [0.5, 0.6) is 5.75 Å². The van der Waals surface area contributed by atoms with Crippen LogP contribution < -0.4 is 4.74 Å². The molecule has 0 aromatic heterocycles. The molecule has 0 radical (unpaired) electrons. The number of imide groups is 1. The van der Waals surface area contributed by atoms with Gasteiger partial charge in [-0.15, -0.1) is 0 Å². The van der Waals surface area contributed by atoms with Gasteiger partial charge in [0.15, 0.2) is 0 Å². The Kier molecular flexibility index (Phi) is 5.38. The summed E-state index contributed by atoms with van der Waals surface area (Å²) in [5, 5.41) is 0. The molecular weight excluding hydrogens is 386 g/mol. The van der Waals surface area contributed by atoms with E-state index in [1.807, 2.05) is 42.5 Å². The van der Waals surface area contributed by atoms with Gasteiger partial charge in [-0.3, -0.25) is 4.79 Å². The molecule has 1 aliphatic rings. The molecule has 3 rings (SSSR count). The fourth-order valence-corrected chi connectivity index (χ4v) is 3.26. The smallest absolute Gasteiger partial charge is 0.416 e. The molecule has 0 aliphatic carbocycles. The summed E-state index contributed by atoms with van der Waals surface area (Å²) in [6.45, 7) is 0.219. The Labute approximate surface area is 154 Å². The van der Waals surface area contributed by atoms with Crippen molar-refractivity contribution in [2.45, 2.75) is 18.9 Å². The lowest BCUT2D eigenvalue weighted by Crippen LogP contribution is -2.41. The minimum Gasteiger partial charge on any atom is -0.496 e. The summed E-state index contributed by atoms with van der Waals surface area (Å²) in [5.74, 6) is 0.318. The zero-order valence-corrected chi connectivity index (χ0v) is 15.4. The predicted octanol–water partition coefficient (Wildman–Crippen LogP) is 3.59. The molecule has 1 unspecified atom stereocenters. The van der Waals surface area contributed by atoms with Crippen LogP contribution >= 0.6 is 15.9 Å². The average Bonchev–Trinajstić information content (AvgIpc) is 2.97. The Hall–Kier alpha value is -2.34. The molecule has 0 N–H and O–H groups in total. The number of carbonyl (C=O) groups excluding carboxylic acids is 2. The van der Waals surface area contributed by atoms with E-state index in [-0.39, 0.29) is 25.0 Å². The topological polar surface area (TPSA) is 55.8 Å². The van der Waals surface area contributed by atoms with Gasteiger partial charge in [0.05, 0.1) is 19.6 Å². The maximum Gasteiger partial charge on any atom is 0.416 e. The number of rotatable bonds is 5. The van der Waals surface area contributed by atoms with Gasteiger partial charge in [-0.05, 0) is 24.1 Å². The molecule has 6 heteroatoms. The standard InChI is InChI=1S/C19H18BrNO4/c1-24-17-11-15(20)8-7-14(17)10-18(22)21-16(12-25-19(21)23)9-13-5-3-2-4-6-13/h2-8,11,16H,9-10,12H2,1H3. The zero-order valence-electron chi connectivity index (χ0n) is 13.8. The van der Waals surface area contributed by atoms with Crippen LogP contribution in [0.1, 0.15) is 11.1 Å². The van der Waals surface area contributed by atoms with Crippen LogP contribution in [-0.2, 0) is 22.4 Å². The summed E-state index contributed by atoms with van der Waals surface area (Å²) >= 11 is 3.38. The second kappa shape index (κ2) is 7.70. The molecule has 2 aromatic carbocycles. The summed E-state index contributed by atoms with van der Waals surface area (Å²) in [6.07, 6.45) is 0.0779. The molecule has 0 bridgehead atoms.